The second kappa shape index (κ2) is 3.16. The summed E-state index contributed by atoms with van der Waals surface area (Å²) < 4.78 is 27.2. The van der Waals surface area contributed by atoms with E-state index in [9.17, 15) is 13.9 Å². The Balaban J connectivity index is 2.21. The van der Waals surface area contributed by atoms with Crippen LogP contribution in [-0.4, -0.2) is 17.1 Å². The van der Waals surface area contributed by atoms with E-state index in [1.807, 2.05) is 13.8 Å². The van der Waals surface area contributed by atoms with Gasteiger partial charge in [0.1, 0.15) is 0 Å². The van der Waals surface area contributed by atoms with E-state index in [1.165, 1.54) is 0 Å². The Hall–Kier alpha value is -0.180. The van der Waals surface area contributed by atoms with Crippen LogP contribution < -0.4 is 0 Å². The van der Waals surface area contributed by atoms with Crippen molar-refractivity contribution in [3.05, 3.63) is 0 Å². The number of alkyl halides is 2. The Morgan fingerprint density at radius 2 is 1.93 bits per heavy atom. The van der Waals surface area contributed by atoms with Crippen molar-refractivity contribution in [3.8, 4) is 0 Å². The van der Waals surface area contributed by atoms with Gasteiger partial charge in [0.2, 0.25) is 0 Å². The second-order valence-corrected chi connectivity index (χ2v) is 5.19. The third-order valence-electron chi connectivity index (χ3n) is 4.13. The fourth-order valence-electron chi connectivity index (χ4n) is 3.17. The van der Waals surface area contributed by atoms with Crippen molar-refractivity contribution in [2.45, 2.75) is 45.1 Å². The van der Waals surface area contributed by atoms with E-state index in [1.54, 1.807) is 0 Å². The van der Waals surface area contributed by atoms with Crippen molar-refractivity contribution in [2.75, 3.05) is 0 Å². The van der Waals surface area contributed by atoms with Crippen LogP contribution in [0.25, 0.3) is 0 Å². The van der Waals surface area contributed by atoms with Crippen molar-refractivity contribution in [3.63, 3.8) is 0 Å². The highest BCUT2D eigenvalue weighted by atomic mass is 19.3. The molecule has 2 fully saturated rings. The van der Waals surface area contributed by atoms with Crippen molar-refractivity contribution in [2.24, 2.45) is 23.7 Å². The zero-order chi connectivity index (χ0) is 10.5. The molecule has 2 aliphatic carbocycles. The molecule has 1 nitrogen and oxygen atoms in total. The van der Waals surface area contributed by atoms with E-state index >= 15 is 0 Å². The number of hydrogen-bond donors (Lipinski definition) is 1. The van der Waals surface area contributed by atoms with E-state index in [0.717, 1.165) is 0 Å². The fourth-order valence-corrected chi connectivity index (χ4v) is 3.17. The summed E-state index contributed by atoms with van der Waals surface area (Å²) in [6.45, 7) is 4.02. The van der Waals surface area contributed by atoms with E-state index < -0.39 is 23.9 Å². The molecule has 14 heavy (non-hydrogen) atoms. The summed E-state index contributed by atoms with van der Waals surface area (Å²) in [7, 11) is 0. The molecule has 1 N–H and O–H groups in total. The van der Waals surface area contributed by atoms with E-state index in [4.69, 9.17) is 0 Å². The van der Waals surface area contributed by atoms with Gasteiger partial charge in [0.05, 0.1) is 6.10 Å². The van der Waals surface area contributed by atoms with Gasteiger partial charge in [-0.3, -0.25) is 0 Å². The standard InChI is InChI=1S/C11H18F2O/c1-6(2)8-5-7-3-4-9(10(8)14)11(7,12)13/h6-10,14H,3-5H2,1-2H3. The van der Waals surface area contributed by atoms with Crippen LogP contribution in [0.5, 0.6) is 0 Å². The maximum atomic E-state index is 13.6. The van der Waals surface area contributed by atoms with Gasteiger partial charge < -0.3 is 5.11 Å². The van der Waals surface area contributed by atoms with Crippen LogP contribution >= 0.6 is 0 Å². The van der Waals surface area contributed by atoms with E-state index in [0.29, 0.717) is 25.2 Å². The van der Waals surface area contributed by atoms with Crippen LogP contribution in [0.4, 0.5) is 8.78 Å². The molecule has 2 saturated carbocycles. The minimum absolute atomic E-state index is 0.0760. The van der Waals surface area contributed by atoms with Gasteiger partial charge in [-0.25, -0.2) is 8.78 Å². The second-order valence-electron chi connectivity index (χ2n) is 5.19. The molecule has 0 aromatic heterocycles. The number of rotatable bonds is 1. The van der Waals surface area contributed by atoms with Crippen molar-refractivity contribution in [1.29, 1.82) is 0 Å². The number of aliphatic hydroxyl groups excluding tert-OH is 1. The molecule has 3 heteroatoms. The molecule has 0 amide bonds. The van der Waals surface area contributed by atoms with Gasteiger partial charge in [0.25, 0.3) is 5.92 Å². The third kappa shape index (κ3) is 1.28. The lowest BCUT2D eigenvalue weighted by molar-refractivity contribution is -0.164. The van der Waals surface area contributed by atoms with Crippen LogP contribution in [0.1, 0.15) is 33.1 Å². The van der Waals surface area contributed by atoms with Gasteiger partial charge in [0.15, 0.2) is 0 Å². The summed E-state index contributed by atoms with van der Waals surface area (Å²) in [5.74, 6) is -3.46. The Labute approximate surface area is 83.5 Å². The maximum Gasteiger partial charge on any atom is 0.256 e. The molecule has 2 aliphatic rings. The number of fused-ring (bicyclic) bond motifs is 2. The van der Waals surface area contributed by atoms with Crippen LogP contribution in [0.2, 0.25) is 0 Å². The van der Waals surface area contributed by atoms with Gasteiger partial charge in [-0.15, -0.1) is 0 Å². The Bertz CT molecular complexity index is 227. The van der Waals surface area contributed by atoms with Crippen molar-refractivity contribution >= 4 is 0 Å². The predicted octanol–water partition coefficient (Wildman–Crippen LogP) is 2.68. The smallest absolute Gasteiger partial charge is 0.256 e. The maximum absolute atomic E-state index is 13.6. The fraction of sp³-hybridized carbons (Fsp3) is 1.00. The van der Waals surface area contributed by atoms with Crippen molar-refractivity contribution in [1.82, 2.24) is 0 Å². The van der Waals surface area contributed by atoms with Crippen LogP contribution in [0, 0.1) is 23.7 Å². The molecule has 0 aliphatic heterocycles. The van der Waals surface area contributed by atoms with Crippen LogP contribution in [0.3, 0.4) is 0 Å². The highest BCUT2D eigenvalue weighted by Gasteiger charge is 2.60. The Kier molecular flexibility index (Phi) is 2.33. The zero-order valence-electron chi connectivity index (χ0n) is 8.71. The summed E-state index contributed by atoms with van der Waals surface area (Å²) in [6, 6.07) is 0. The molecule has 0 saturated heterocycles. The van der Waals surface area contributed by atoms with Gasteiger partial charge >= 0.3 is 0 Å². The summed E-state index contributed by atoms with van der Waals surface area (Å²) in [6.07, 6.45) is 0.811. The number of aliphatic hydroxyl groups is 1. The van der Waals surface area contributed by atoms with E-state index in [-0.39, 0.29) is 5.92 Å². The van der Waals surface area contributed by atoms with Gasteiger partial charge in [0, 0.05) is 11.8 Å². The first-order valence-electron chi connectivity index (χ1n) is 5.50. The lowest BCUT2D eigenvalue weighted by Crippen LogP contribution is -2.48. The molecule has 0 radical (unpaired) electrons. The summed E-state index contributed by atoms with van der Waals surface area (Å²) >= 11 is 0. The molecule has 2 bridgehead atoms. The highest BCUT2D eigenvalue weighted by Crippen LogP contribution is 2.55. The molecular formula is C11H18F2O. The predicted molar refractivity (Wildman–Crippen MR) is 50.1 cm³/mol. The lowest BCUT2D eigenvalue weighted by Gasteiger charge is -2.41. The minimum atomic E-state index is -2.61. The molecular weight excluding hydrogens is 186 g/mol. The van der Waals surface area contributed by atoms with E-state index in [2.05, 4.69) is 0 Å². The zero-order valence-corrected chi connectivity index (χ0v) is 8.71. The first-order chi connectivity index (χ1) is 6.44. The quantitative estimate of drug-likeness (QED) is 0.696. The molecule has 0 spiro atoms. The van der Waals surface area contributed by atoms with Gasteiger partial charge in [-0.1, -0.05) is 13.8 Å². The topological polar surface area (TPSA) is 20.2 Å². The van der Waals surface area contributed by atoms with Crippen LogP contribution in [-0.2, 0) is 0 Å². The summed E-state index contributed by atoms with van der Waals surface area (Å²) in [5.41, 5.74) is 0. The molecule has 0 aromatic carbocycles. The number of hydrogen-bond acceptors (Lipinski definition) is 1. The molecule has 4 unspecified atom stereocenters. The normalized spacial score (nSPS) is 45.9. The third-order valence-corrected chi connectivity index (χ3v) is 4.13. The molecule has 0 heterocycles. The van der Waals surface area contributed by atoms with Crippen LogP contribution in [0.15, 0.2) is 0 Å². The average Bonchev–Trinajstić information content (AvgIpc) is 2.28. The highest BCUT2D eigenvalue weighted by molar-refractivity contribution is 5.02. The molecule has 2 rings (SSSR count). The Morgan fingerprint density at radius 3 is 2.50 bits per heavy atom. The SMILES string of the molecule is CC(C)C1CC2CCC(C1O)C2(F)F. The average molecular weight is 204 g/mol. The first-order valence-corrected chi connectivity index (χ1v) is 5.50. The summed E-state index contributed by atoms with van der Waals surface area (Å²) in [5, 5.41) is 9.88. The Morgan fingerprint density at radius 1 is 1.29 bits per heavy atom. The van der Waals surface area contributed by atoms with Gasteiger partial charge in [-0.05, 0) is 31.1 Å². The largest absolute Gasteiger partial charge is 0.392 e. The number of halogens is 2. The lowest BCUT2D eigenvalue weighted by atomic mass is 9.71. The van der Waals surface area contributed by atoms with Crippen molar-refractivity contribution < 1.29 is 13.9 Å². The van der Waals surface area contributed by atoms with Gasteiger partial charge in [-0.2, -0.15) is 0 Å². The molecule has 4 atom stereocenters. The first kappa shape index (κ1) is 10.3. The summed E-state index contributed by atoms with van der Waals surface area (Å²) in [4.78, 5) is 0. The molecule has 82 valence electrons. The monoisotopic (exact) mass is 204 g/mol. The molecule has 0 aromatic rings. The minimum Gasteiger partial charge on any atom is -0.392 e.